The third-order valence-corrected chi connectivity index (χ3v) is 5.60. The first-order valence-corrected chi connectivity index (χ1v) is 9.95. The highest BCUT2D eigenvalue weighted by molar-refractivity contribution is 5.76. The van der Waals surface area contributed by atoms with Gasteiger partial charge in [0.25, 0.3) is 0 Å². The van der Waals surface area contributed by atoms with Crippen molar-refractivity contribution in [1.82, 2.24) is 20.9 Å². The summed E-state index contributed by atoms with van der Waals surface area (Å²) in [6.45, 7) is 5.13. The lowest BCUT2D eigenvalue weighted by molar-refractivity contribution is 0.00459. The molecule has 0 aromatic heterocycles. The van der Waals surface area contributed by atoms with Crippen molar-refractivity contribution in [2.45, 2.75) is 64.4 Å². The van der Waals surface area contributed by atoms with Crippen LogP contribution in [0.3, 0.4) is 0 Å². The first kappa shape index (κ1) is 19.6. The summed E-state index contributed by atoms with van der Waals surface area (Å²) < 4.78 is 5.57. The van der Waals surface area contributed by atoms with Gasteiger partial charge in [-0.15, -0.1) is 0 Å². The van der Waals surface area contributed by atoms with Crippen LogP contribution in [0.5, 0.6) is 0 Å². The largest absolute Gasteiger partial charge is 0.499 e. The number of urea groups is 1. The SMILES string of the molecule is CCCCC1=C2NC=C(NC(=O)N3CCC(C)(O)CC3)NC2=C(OC)CC1. The van der Waals surface area contributed by atoms with E-state index >= 15 is 0 Å². The number of nitrogens with zero attached hydrogens (tertiary/aromatic N) is 1. The van der Waals surface area contributed by atoms with Gasteiger partial charge in [0.15, 0.2) is 0 Å². The van der Waals surface area contributed by atoms with Crippen LogP contribution in [0.2, 0.25) is 0 Å². The van der Waals surface area contributed by atoms with Gasteiger partial charge >= 0.3 is 6.03 Å². The molecule has 1 aliphatic carbocycles. The zero-order valence-electron chi connectivity index (χ0n) is 16.7. The van der Waals surface area contributed by atoms with Crippen molar-refractivity contribution in [2.75, 3.05) is 20.2 Å². The number of ether oxygens (including phenoxy) is 1. The molecule has 7 heteroatoms. The molecule has 4 N–H and O–H groups in total. The van der Waals surface area contributed by atoms with E-state index < -0.39 is 5.60 Å². The maximum absolute atomic E-state index is 12.6. The maximum atomic E-state index is 12.6. The van der Waals surface area contributed by atoms with Crippen LogP contribution < -0.4 is 16.0 Å². The lowest BCUT2D eigenvalue weighted by Gasteiger charge is -2.36. The third-order valence-electron chi connectivity index (χ3n) is 5.60. The Morgan fingerprint density at radius 1 is 1.33 bits per heavy atom. The number of nitrogens with one attached hydrogen (secondary N) is 3. The molecule has 0 unspecified atom stereocenters. The number of aliphatic hydroxyl groups is 1. The predicted molar refractivity (Wildman–Crippen MR) is 104 cm³/mol. The van der Waals surface area contributed by atoms with Crippen molar-refractivity contribution >= 4 is 6.03 Å². The number of unbranched alkanes of at least 4 members (excludes halogenated alkanes) is 1. The van der Waals surface area contributed by atoms with Gasteiger partial charge in [0.1, 0.15) is 17.3 Å². The van der Waals surface area contributed by atoms with Crippen molar-refractivity contribution in [1.29, 1.82) is 0 Å². The molecule has 150 valence electrons. The van der Waals surface area contributed by atoms with E-state index in [1.807, 2.05) is 6.92 Å². The number of amides is 2. The number of allylic oxidation sites excluding steroid dienone is 2. The molecule has 2 aliphatic heterocycles. The Labute approximate surface area is 161 Å². The van der Waals surface area contributed by atoms with E-state index in [2.05, 4.69) is 22.9 Å². The Hall–Kier alpha value is -2.15. The monoisotopic (exact) mass is 376 g/mol. The number of methoxy groups -OCH3 is 1. The smallest absolute Gasteiger partial charge is 0.323 e. The number of piperidine rings is 1. The predicted octanol–water partition coefficient (Wildman–Crippen LogP) is 2.63. The topological polar surface area (TPSA) is 85.9 Å². The van der Waals surface area contributed by atoms with Crippen molar-refractivity contribution in [2.24, 2.45) is 0 Å². The normalized spacial score (nSPS) is 21.8. The minimum atomic E-state index is -0.671. The highest BCUT2D eigenvalue weighted by Crippen LogP contribution is 2.32. The molecule has 27 heavy (non-hydrogen) atoms. The molecule has 0 aromatic rings. The van der Waals surface area contributed by atoms with Crippen molar-refractivity contribution in [3.63, 3.8) is 0 Å². The molecule has 0 spiro atoms. The molecule has 2 amide bonds. The fourth-order valence-electron chi connectivity index (χ4n) is 3.75. The fourth-order valence-corrected chi connectivity index (χ4v) is 3.75. The Bertz CT molecular complexity index is 669. The molecule has 0 aromatic carbocycles. The highest BCUT2D eigenvalue weighted by atomic mass is 16.5. The second kappa shape index (κ2) is 8.25. The number of rotatable bonds is 5. The summed E-state index contributed by atoms with van der Waals surface area (Å²) >= 11 is 0. The number of carbonyl (C=O) groups excluding carboxylic acids is 1. The van der Waals surface area contributed by atoms with Crippen LogP contribution in [0.25, 0.3) is 0 Å². The minimum absolute atomic E-state index is 0.153. The summed E-state index contributed by atoms with van der Waals surface area (Å²) in [7, 11) is 1.69. The lowest BCUT2D eigenvalue weighted by atomic mass is 9.93. The quantitative estimate of drug-likeness (QED) is 0.593. The molecule has 1 saturated heterocycles. The van der Waals surface area contributed by atoms with E-state index in [-0.39, 0.29) is 6.03 Å². The van der Waals surface area contributed by atoms with Gasteiger partial charge in [0, 0.05) is 25.7 Å². The summed E-state index contributed by atoms with van der Waals surface area (Å²) in [5.41, 5.74) is 2.74. The van der Waals surface area contributed by atoms with Crippen LogP contribution in [-0.2, 0) is 4.74 Å². The maximum Gasteiger partial charge on any atom is 0.323 e. The van der Waals surface area contributed by atoms with Crippen molar-refractivity contribution in [3.05, 3.63) is 34.7 Å². The van der Waals surface area contributed by atoms with Crippen LogP contribution in [0.1, 0.15) is 58.8 Å². The van der Waals surface area contributed by atoms with E-state index in [4.69, 9.17) is 4.74 Å². The number of carbonyl (C=O) groups is 1. The van der Waals surface area contributed by atoms with Crippen LogP contribution >= 0.6 is 0 Å². The van der Waals surface area contributed by atoms with Crippen LogP contribution in [0.15, 0.2) is 34.7 Å². The van der Waals surface area contributed by atoms with Gasteiger partial charge in [-0.3, -0.25) is 5.32 Å². The molecule has 2 heterocycles. The van der Waals surface area contributed by atoms with E-state index in [0.717, 1.165) is 36.4 Å². The molecule has 0 radical (unpaired) electrons. The van der Waals surface area contributed by atoms with Crippen LogP contribution in [0, 0.1) is 0 Å². The van der Waals surface area contributed by atoms with Crippen LogP contribution in [-0.4, -0.2) is 41.8 Å². The standard InChI is InChI=1S/C20H32N4O3/c1-4-5-6-14-7-8-15(27-3)18-17(14)21-13-16(22-18)23-19(25)24-11-9-20(2,26)10-12-24/h13,21-22,26H,4-12H2,1-3H3,(H,23,25). The summed E-state index contributed by atoms with van der Waals surface area (Å²) in [5, 5.41) is 19.7. The molecular weight excluding hydrogens is 344 g/mol. The average Bonchev–Trinajstić information content (AvgIpc) is 2.65. The summed E-state index contributed by atoms with van der Waals surface area (Å²) in [6, 6.07) is -0.153. The zero-order chi connectivity index (χ0) is 19.4. The van der Waals surface area contributed by atoms with Gasteiger partial charge in [-0.1, -0.05) is 13.3 Å². The molecule has 0 atom stereocenters. The van der Waals surface area contributed by atoms with Gasteiger partial charge in [-0.25, -0.2) is 4.79 Å². The minimum Gasteiger partial charge on any atom is -0.499 e. The molecule has 1 fully saturated rings. The van der Waals surface area contributed by atoms with E-state index in [1.54, 1.807) is 18.2 Å². The first-order valence-electron chi connectivity index (χ1n) is 9.95. The number of hydrogen-bond acceptors (Lipinski definition) is 5. The molecule has 3 rings (SSSR count). The molecule has 0 saturated carbocycles. The Balaban J connectivity index is 1.68. The molecule has 3 aliphatic rings. The summed E-state index contributed by atoms with van der Waals surface area (Å²) in [6.07, 6.45) is 8.27. The van der Waals surface area contributed by atoms with E-state index in [9.17, 15) is 9.90 Å². The van der Waals surface area contributed by atoms with Crippen molar-refractivity contribution in [3.8, 4) is 0 Å². The Morgan fingerprint density at radius 2 is 2.07 bits per heavy atom. The Kier molecular flexibility index (Phi) is 5.99. The van der Waals surface area contributed by atoms with Gasteiger partial charge in [0.05, 0.1) is 18.4 Å². The van der Waals surface area contributed by atoms with Crippen molar-refractivity contribution < 1.29 is 14.6 Å². The first-order chi connectivity index (χ1) is 12.9. The van der Waals surface area contributed by atoms with Gasteiger partial charge in [-0.2, -0.15) is 0 Å². The average molecular weight is 377 g/mol. The second-order valence-electron chi connectivity index (χ2n) is 7.83. The molecular formula is C20H32N4O3. The highest BCUT2D eigenvalue weighted by Gasteiger charge is 2.31. The van der Waals surface area contributed by atoms with Gasteiger partial charge in [0.2, 0.25) is 0 Å². The summed E-state index contributed by atoms with van der Waals surface area (Å²) in [5.74, 6) is 1.52. The number of likely N-dealkylation sites (tertiary alicyclic amines) is 1. The third kappa shape index (κ3) is 4.58. The number of hydrogen-bond donors (Lipinski definition) is 4. The zero-order valence-corrected chi connectivity index (χ0v) is 16.7. The molecule has 7 nitrogen and oxygen atoms in total. The second-order valence-corrected chi connectivity index (χ2v) is 7.83. The fraction of sp³-hybridized carbons (Fsp3) is 0.650. The van der Waals surface area contributed by atoms with Gasteiger partial charge < -0.3 is 25.4 Å². The van der Waals surface area contributed by atoms with Gasteiger partial charge in [-0.05, 0) is 44.6 Å². The van der Waals surface area contributed by atoms with E-state index in [1.165, 1.54) is 18.4 Å². The van der Waals surface area contributed by atoms with Crippen LogP contribution in [0.4, 0.5) is 4.79 Å². The Morgan fingerprint density at radius 3 is 2.74 bits per heavy atom. The molecule has 0 bridgehead atoms. The van der Waals surface area contributed by atoms with E-state index in [0.29, 0.717) is 31.8 Å². The summed E-state index contributed by atoms with van der Waals surface area (Å²) in [4.78, 5) is 14.3. The number of fused-ring (bicyclic) bond motifs is 1. The lowest BCUT2D eigenvalue weighted by Crippen LogP contribution is -2.50.